The number of carboxylic acid groups (broad SMARTS) is 1. The van der Waals surface area contributed by atoms with Crippen molar-refractivity contribution >= 4 is 34.0 Å². The zero-order chi connectivity index (χ0) is 22.9. The van der Waals surface area contributed by atoms with Crippen molar-refractivity contribution in [1.82, 2.24) is 9.99 Å². The minimum Gasteiger partial charge on any atom is -0.478 e. The van der Waals surface area contributed by atoms with Crippen LogP contribution in [-0.4, -0.2) is 21.8 Å². The van der Waals surface area contributed by atoms with Crippen LogP contribution in [0.15, 0.2) is 33.9 Å². The first-order valence-corrected chi connectivity index (χ1v) is 10.6. The molecule has 2 heterocycles. The number of aromatic carboxylic acids is 1. The van der Waals surface area contributed by atoms with Gasteiger partial charge in [-0.3, -0.25) is 15.0 Å². The first-order valence-electron chi connectivity index (χ1n) is 9.78. The number of amides is 2. The lowest BCUT2D eigenvalue weighted by molar-refractivity contribution is 0.0698. The van der Waals surface area contributed by atoms with Crippen LogP contribution in [0.4, 0.5) is 15.5 Å². The van der Waals surface area contributed by atoms with Crippen molar-refractivity contribution in [2.45, 2.75) is 46.1 Å². The Morgan fingerprint density at radius 2 is 1.65 bits per heavy atom. The van der Waals surface area contributed by atoms with Crippen LogP contribution in [0.5, 0.6) is 0 Å². The zero-order valence-electron chi connectivity index (χ0n) is 17.6. The van der Waals surface area contributed by atoms with Crippen LogP contribution < -0.4 is 27.2 Å². The monoisotopic (exact) mass is 444 g/mol. The van der Waals surface area contributed by atoms with E-state index in [-0.39, 0.29) is 28.9 Å². The maximum absolute atomic E-state index is 12.6. The number of carbonyl (C=O) groups is 2. The fourth-order valence-corrected chi connectivity index (χ4v) is 4.11. The Hall–Kier alpha value is -3.40. The molecule has 0 bridgehead atoms. The second-order valence-corrected chi connectivity index (χ2v) is 8.88. The number of hydrogen-bond acceptors (Lipinski definition) is 6. The third-order valence-electron chi connectivity index (χ3n) is 4.80. The Kier molecular flexibility index (Phi) is 6.30. The molecule has 3 rings (SSSR count). The van der Waals surface area contributed by atoms with Crippen molar-refractivity contribution in [2.75, 3.05) is 10.7 Å². The molecule has 4 N–H and O–H groups in total. The van der Waals surface area contributed by atoms with Crippen LogP contribution in [-0.2, 0) is 6.54 Å². The van der Waals surface area contributed by atoms with Crippen LogP contribution in [0.3, 0.4) is 0 Å². The van der Waals surface area contributed by atoms with Crippen molar-refractivity contribution in [2.24, 2.45) is 0 Å². The average Bonchev–Trinajstić information content (AvgIpc) is 3.09. The molecule has 0 aliphatic heterocycles. The van der Waals surface area contributed by atoms with Gasteiger partial charge in [0.1, 0.15) is 5.00 Å². The molecule has 0 aliphatic carbocycles. The molecule has 2 amide bonds. The van der Waals surface area contributed by atoms with Gasteiger partial charge in [0.05, 0.1) is 12.1 Å². The smallest absolute Gasteiger partial charge is 0.340 e. The van der Waals surface area contributed by atoms with Crippen LogP contribution in [0.25, 0.3) is 0 Å². The zero-order valence-corrected chi connectivity index (χ0v) is 18.4. The molecule has 164 valence electrons. The summed E-state index contributed by atoms with van der Waals surface area (Å²) in [5.74, 6) is -0.759. The molecule has 0 atom stereocenters. The molecule has 3 aromatic rings. The first kappa shape index (κ1) is 22.3. The summed E-state index contributed by atoms with van der Waals surface area (Å²) in [7, 11) is 0. The molecular formula is C21H24N4O5S. The number of hydrogen-bond donors (Lipinski definition) is 4. The van der Waals surface area contributed by atoms with Gasteiger partial charge in [-0.15, -0.1) is 11.3 Å². The van der Waals surface area contributed by atoms with Crippen LogP contribution in [0, 0.1) is 0 Å². The Balaban J connectivity index is 1.73. The molecule has 1 aromatic carbocycles. The Morgan fingerprint density at radius 1 is 1.06 bits per heavy atom. The van der Waals surface area contributed by atoms with Crippen LogP contribution in [0.2, 0.25) is 0 Å². The predicted molar refractivity (Wildman–Crippen MR) is 120 cm³/mol. The van der Waals surface area contributed by atoms with Crippen LogP contribution in [0.1, 0.15) is 65.9 Å². The molecule has 31 heavy (non-hydrogen) atoms. The second kappa shape index (κ2) is 8.76. The lowest BCUT2D eigenvalue weighted by Gasteiger charge is -2.20. The van der Waals surface area contributed by atoms with Gasteiger partial charge in [0.15, 0.2) is 0 Å². The molecule has 9 nitrogen and oxygen atoms in total. The molecule has 0 saturated carbocycles. The maximum atomic E-state index is 12.6. The number of urea groups is 1. The summed E-state index contributed by atoms with van der Waals surface area (Å²) in [5.41, 5.74) is 3.80. The number of thiophene rings is 1. The number of rotatable bonds is 8. The Morgan fingerprint density at radius 3 is 2.13 bits per heavy atom. The second-order valence-electron chi connectivity index (χ2n) is 7.75. The fourth-order valence-electron chi connectivity index (χ4n) is 3.13. The van der Waals surface area contributed by atoms with E-state index in [9.17, 15) is 24.3 Å². The van der Waals surface area contributed by atoms with E-state index in [1.54, 1.807) is 0 Å². The van der Waals surface area contributed by atoms with E-state index in [2.05, 4.69) is 43.8 Å². The van der Waals surface area contributed by atoms with E-state index >= 15 is 0 Å². The molecule has 2 aromatic heterocycles. The van der Waals surface area contributed by atoms with Crippen molar-refractivity contribution < 1.29 is 14.7 Å². The highest BCUT2D eigenvalue weighted by Gasteiger charge is 2.22. The number of carboxylic acids is 1. The van der Waals surface area contributed by atoms with Gasteiger partial charge in [0.25, 0.3) is 0 Å². The van der Waals surface area contributed by atoms with Gasteiger partial charge >= 0.3 is 23.1 Å². The first-order chi connectivity index (χ1) is 14.6. The van der Waals surface area contributed by atoms with E-state index in [0.717, 1.165) is 32.8 Å². The highest BCUT2D eigenvalue weighted by atomic mass is 32.1. The number of aromatic nitrogens is 1. The fraction of sp³-hybridized carbons (Fsp3) is 0.333. The number of anilines is 2. The summed E-state index contributed by atoms with van der Waals surface area (Å²) < 4.78 is 0.735. The molecule has 0 fully saturated rings. The molecular weight excluding hydrogens is 420 g/mol. The standard InChI is InChI=1S/C21H24N4O5S/c1-10(2)13-6-5-7-14(11(3)4)16(13)23-21(30)22-9-12-8-15(20(28)29)17(31-12)24-25-18(26)19(25)27/h5-8,10-11,24H,9H2,1-4H3,(H,28,29)(H2,22,23,30). The highest BCUT2D eigenvalue weighted by Crippen LogP contribution is 2.32. The number of nitrogens with one attached hydrogen (secondary N) is 3. The van der Waals surface area contributed by atoms with Gasteiger partial charge in [0, 0.05) is 10.6 Å². The third kappa shape index (κ3) is 4.85. The Bertz CT molecular complexity index is 1150. The van der Waals surface area contributed by atoms with E-state index in [0.29, 0.717) is 4.88 Å². The molecule has 10 heteroatoms. The van der Waals surface area contributed by atoms with E-state index < -0.39 is 23.1 Å². The minimum atomic E-state index is -1.20. The summed E-state index contributed by atoms with van der Waals surface area (Å²) in [6.45, 7) is 8.31. The van der Waals surface area contributed by atoms with Gasteiger partial charge in [-0.25, -0.2) is 9.59 Å². The SMILES string of the molecule is CC(C)c1cccc(C(C)C)c1NC(=O)NCc1cc(C(=O)O)c(Nn2c(=O)c2=O)s1. The Labute approximate surface area is 182 Å². The van der Waals surface area contributed by atoms with E-state index in [4.69, 9.17) is 0 Å². The number of benzene rings is 1. The molecule has 0 aliphatic rings. The van der Waals surface area contributed by atoms with Gasteiger partial charge in [-0.2, -0.15) is 4.68 Å². The number of para-hydroxylation sites is 1. The lowest BCUT2D eigenvalue weighted by atomic mass is 9.93. The predicted octanol–water partition coefficient (Wildman–Crippen LogP) is 3.29. The summed E-state index contributed by atoms with van der Waals surface area (Å²) in [6.07, 6.45) is 0. The van der Waals surface area contributed by atoms with Crippen LogP contribution >= 0.6 is 11.3 Å². The quantitative estimate of drug-likeness (QED) is 0.395. The van der Waals surface area contributed by atoms with E-state index in [1.807, 2.05) is 18.2 Å². The van der Waals surface area contributed by atoms with Gasteiger partial charge in [-0.1, -0.05) is 45.9 Å². The number of carbonyl (C=O) groups excluding carboxylic acids is 1. The van der Waals surface area contributed by atoms with Crippen molar-refractivity contribution in [3.63, 3.8) is 0 Å². The van der Waals surface area contributed by atoms with Gasteiger partial charge in [0.2, 0.25) is 0 Å². The average molecular weight is 445 g/mol. The number of nitrogens with zero attached hydrogens (tertiary/aromatic N) is 1. The summed E-state index contributed by atoms with van der Waals surface area (Å²) in [4.78, 5) is 46.9. The lowest BCUT2D eigenvalue weighted by Crippen LogP contribution is -2.29. The summed E-state index contributed by atoms with van der Waals surface area (Å²) in [5, 5.41) is 15.2. The largest absolute Gasteiger partial charge is 0.478 e. The highest BCUT2D eigenvalue weighted by molar-refractivity contribution is 7.16. The maximum Gasteiger partial charge on any atom is 0.340 e. The molecule has 0 radical (unpaired) electrons. The summed E-state index contributed by atoms with van der Waals surface area (Å²) in [6, 6.07) is 6.94. The van der Waals surface area contributed by atoms with Crippen molar-refractivity contribution in [3.05, 3.63) is 66.5 Å². The minimum absolute atomic E-state index is 0.0815. The van der Waals surface area contributed by atoms with Gasteiger partial charge in [-0.05, 0) is 29.0 Å². The summed E-state index contributed by atoms with van der Waals surface area (Å²) >= 11 is 1.04. The van der Waals surface area contributed by atoms with Crippen molar-refractivity contribution in [3.8, 4) is 0 Å². The molecule has 0 unspecified atom stereocenters. The van der Waals surface area contributed by atoms with Crippen molar-refractivity contribution in [1.29, 1.82) is 0 Å². The topological polar surface area (TPSA) is 130 Å². The van der Waals surface area contributed by atoms with Gasteiger partial charge < -0.3 is 15.7 Å². The molecule has 0 saturated heterocycles. The normalized spacial score (nSPS) is 11.3. The molecule has 0 spiro atoms. The van der Waals surface area contributed by atoms with E-state index in [1.165, 1.54) is 6.07 Å². The third-order valence-corrected chi connectivity index (χ3v) is 5.84.